The highest BCUT2D eigenvalue weighted by atomic mass is 16.5. The van der Waals surface area contributed by atoms with E-state index in [-0.39, 0.29) is 5.91 Å². The number of hydrogen-bond donors (Lipinski definition) is 2. The number of carbonyl (C=O) groups excluding carboxylic acids is 1. The lowest BCUT2D eigenvalue weighted by Crippen LogP contribution is -2.49. The van der Waals surface area contributed by atoms with E-state index in [4.69, 9.17) is 25.7 Å². The largest absolute Gasteiger partial charge is 0.384 e. The molecule has 1 aromatic heterocycles. The van der Waals surface area contributed by atoms with Gasteiger partial charge in [-0.15, -0.1) is 0 Å². The fourth-order valence-corrected chi connectivity index (χ4v) is 2.74. The Morgan fingerprint density at radius 1 is 0.963 bits per heavy atom. The normalized spacial score (nSPS) is 14.6. The highest BCUT2D eigenvalue weighted by molar-refractivity contribution is 5.76. The van der Waals surface area contributed by atoms with Crippen LogP contribution in [0.2, 0.25) is 0 Å². The Labute approximate surface area is 160 Å². The van der Waals surface area contributed by atoms with Crippen LogP contribution in [0.25, 0.3) is 0 Å². The highest BCUT2D eigenvalue weighted by Gasteiger charge is 2.21. The lowest BCUT2D eigenvalue weighted by molar-refractivity contribution is -0.132. The van der Waals surface area contributed by atoms with E-state index in [2.05, 4.69) is 9.88 Å². The molecule has 0 unspecified atom stereocenters. The fourth-order valence-electron chi connectivity index (χ4n) is 2.74. The highest BCUT2D eigenvalue weighted by Crippen LogP contribution is 2.16. The lowest BCUT2D eigenvalue weighted by Gasteiger charge is -2.36. The molecule has 2 heterocycles. The Balaban J connectivity index is 1.50. The lowest BCUT2D eigenvalue weighted by atomic mass is 10.2. The first-order valence-electron chi connectivity index (χ1n) is 9.38. The van der Waals surface area contributed by atoms with Crippen molar-refractivity contribution in [2.75, 3.05) is 83.0 Å². The molecule has 0 bridgehead atoms. The molecular weight excluding hydrogens is 350 g/mol. The number of carbonyl (C=O) groups is 1. The minimum atomic E-state index is 0.126. The van der Waals surface area contributed by atoms with Crippen molar-refractivity contribution >= 4 is 17.4 Å². The zero-order valence-electron chi connectivity index (χ0n) is 15.8. The van der Waals surface area contributed by atoms with Crippen molar-refractivity contribution in [2.45, 2.75) is 6.42 Å². The first-order valence-corrected chi connectivity index (χ1v) is 9.38. The Bertz CT molecular complexity index is 535. The van der Waals surface area contributed by atoms with Crippen LogP contribution in [0.1, 0.15) is 6.42 Å². The van der Waals surface area contributed by atoms with E-state index in [9.17, 15) is 4.79 Å². The van der Waals surface area contributed by atoms with Gasteiger partial charge in [-0.2, -0.15) is 0 Å². The maximum absolute atomic E-state index is 12.3. The summed E-state index contributed by atoms with van der Waals surface area (Å²) in [6.07, 6.45) is 2.16. The van der Waals surface area contributed by atoms with Crippen molar-refractivity contribution in [3.8, 4) is 0 Å². The van der Waals surface area contributed by atoms with E-state index < -0.39 is 0 Å². The number of nitrogen functional groups attached to an aromatic ring is 1. The van der Waals surface area contributed by atoms with Crippen LogP contribution in [0.3, 0.4) is 0 Å². The molecule has 0 saturated carbocycles. The molecule has 1 fully saturated rings. The molecule has 1 aliphatic heterocycles. The van der Waals surface area contributed by atoms with E-state index in [1.54, 1.807) is 12.3 Å². The number of piperazine rings is 1. The minimum absolute atomic E-state index is 0.126. The summed E-state index contributed by atoms with van der Waals surface area (Å²) < 4.78 is 16.0. The van der Waals surface area contributed by atoms with E-state index in [0.29, 0.717) is 71.5 Å². The van der Waals surface area contributed by atoms with Gasteiger partial charge in [0.1, 0.15) is 5.82 Å². The Hall–Kier alpha value is -1.94. The fraction of sp³-hybridized carbons (Fsp3) is 0.667. The van der Waals surface area contributed by atoms with Crippen molar-refractivity contribution < 1.29 is 19.0 Å². The smallest absolute Gasteiger partial charge is 0.225 e. The van der Waals surface area contributed by atoms with Gasteiger partial charge >= 0.3 is 0 Å². The summed E-state index contributed by atoms with van der Waals surface area (Å²) in [5.41, 5.74) is 12.0. The number of nitrogens with zero attached hydrogens (tertiary/aromatic N) is 3. The molecule has 0 aliphatic carbocycles. The van der Waals surface area contributed by atoms with Crippen molar-refractivity contribution in [2.24, 2.45) is 5.73 Å². The average molecular weight is 381 g/mol. The Morgan fingerprint density at radius 2 is 1.59 bits per heavy atom. The van der Waals surface area contributed by atoms with Crippen LogP contribution in [0.15, 0.2) is 18.3 Å². The molecule has 9 nitrogen and oxygen atoms in total. The van der Waals surface area contributed by atoms with Gasteiger partial charge in [0.25, 0.3) is 0 Å². The van der Waals surface area contributed by atoms with Crippen molar-refractivity contribution in [1.29, 1.82) is 0 Å². The summed E-state index contributed by atoms with van der Waals surface area (Å²) in [5.74, 6) is 0.638. The summed E-state index contributed by atoms with van der Waals surface area (Å²) in [4.78, 5) is 20.5. The second-order valence-corrected chi connectivity index (χ2v) is 6.18. The molecule has 2 rings (SSSR count). The Morgan fingerprint density at radius 3 is 2.19 bits per heavy atom. The second-order valence-electron chi connectivity index (χ2n) is 6.18. The number of nitrogens with two attached hydrogens (primary N) is 2. The summed E-state index contributed by atoms with van der Waals surface area (Å²) in [6.45, 7) is 6.49. The molecule has 27 heavy (non-hydrogen) atoms. The zero-order chi connectivity index (χ0) is 19.3. The topological polar surface area (TPSA) is 116 Å². The second kappa shape index (κ2) is 12.4. The van der Waals surface area contributed by atoms with Crippen LogP contribution in [-0.4, -0.2) is 88.2 Å². The number of pyridine rings is 1. The number of amides is 1. The van der Waals surface area contributed by atoms with Crippen molar-refractivity contribution in [1.82, 2.24) is 9.88 Å². The zero-order valence-corrected chi connectivity index (χ0v) is 15.8. The predicted molar refractivity (Wildman–Crippen MR) is 104 cm³/mol. The van der Waals surface area contributed by atoms with Gasteiger partial charge in [0.2, 0.25) is 5.91 Å². The molecule has 0 radical (unpaired) electrons. The molecule has 4 N–H and O–H groups in total. The van der Waals surface area contributed by atoms with E-state index in [1.807, 2.05) is 11.0 Å². The number of anilines is 2. The van der Waals surface area contributed by atoms with E-state index >= 15 is 0 Å². The van der Waals surface area contributed by atoms with Crippen LogP contribution < -0.4 is 16.4 Å². The molecule has 0 atom stereocenters. The molecule has 1 aliphatic rings. The number of aromatic nitrogens is 1. The van der Waals surface area contributed by atoms with Gasteiger partial charge in [-0.05, 0) is 12.1 Å². The van der Waals surface area contributed by atoms with Crippen LogP contribution in [0, 0.1) is 0 Å². The van der Waals surface area contributed by atoms with Gasteiger partial charge in [-0.25, -0.2) is 4.98 Å². The predicted octanol–water partition coefficient (Wildman–Crippen LogP) is -0.289. The molecule has 0 spiro atoms. The third-order valence-electron chi connectivity index (χ3n) is 4.23. The SMILES string of the molecule is NCCOCCOCCOCCC(=O)N1CCN(c2ccc(N)nc2)CC1. The first kappa shape index (κ1) is 21.4. The molecule has 9 heteroatoms. The minimum Gasteiger partial charge on any atom is -0.384 e. The maximum Gasteiger partial charge on any atom is 0.225 e. The van der Waals surface area contributed by atoms with Gasteiger partial charge in [0.05, 0.1) is 57.9 Å². The van der Waals surface area contributed by atoms with Crippen LogP contribution in [0.5, 0.6) is 0 Å². The maximum atomic E-state index is 12.3. The monoisotopic (exact) mass is 381 g/mol. The third kappa shape index (κ3) is 8.08. The van der Waals surface area contributed by atoms with Gasteiger partial charge in [-0.3, -0.25) is 4.79 Å². The van der Waals surface area contributed by atoms with Crippen molar-refractivity contribution in [3.63, 3.8) is 0 Å². The molecule has 1 amide bonds. The average Bonchev–Trinajstić information content (AvgIpc) is 2.70. The number of hydrogen-bond acceptors (Lipinski definition) is 8. The molecular formula is C18H31N5O4. The van der Waals surface area contributed by atoms with Gasteiger partial charge < -0.3 is 35.5 Å². The third-order valence-corrected chi connectivity index (χ3v) is 4.23. The first-order chi connectivity index (χ1) is 13.2. The van der Waals surface area contributed by atoms with Gasteiger partial charge in [0, 0.05) is 32.7 Å². The molecule has 1 saturated heterocycles. The van der Waals surface area contributed by atoms with Gasteiger partial charge in [-0.1, -0.05) is 0 Å². The summed E-state index contributed by atoms with van der Waals surface area (Å²) in [5, 5.41) is 0. The summed E-state index contributed by atoms with van der Waals surface area (Å²) in [7, 11) is 0. The quantitative estimate of drug-likeness (QED) is 0.475. The molecule has 152 valence electrons. The molecule has 1 aromatic rings. The van der Waals surface area contributed by atoms with Crippen molar-refractivity contribution in [3.05, 3.63) is 18.3 Å². The van der Waals surface area contributed by atoms with Crippen LogP contribution >= 0.6 is 0 Å². The van der Waals surface area contributed by atoms with E-state index in [1.165, 1.54) is 0 Å². The van der Waals surface area contributed by atoms with Crippen LogP contribution in [-0.2, 0) is 19.0 Å². The Kier molecular flexibility index (Phi) is 9.85. The number of ether oxygens (including phenoxy) is 3. The van der Waals surface area contributed by atoms with E-state index in [0.717, 1.165) is 18.8 Å². The number of rotatable bonds is 12. The summed E-state index contributed by atoms with van der Waals surface area (Å²) >= 11 is 0. The summed E-state index contributed by atoms with van der Waals surface area (Å²) in [6, 6.07) is 3.75. The van der Waals surface area contributed by atoms with Crippen LogP contribution in [0.4, 0.5) is 11.5 Å². The standard InChI is InChI=1S/C18H31N5O4/c19-4-10-26-12-14-27-13-11-25-9-3-18(24)23-7-5-22(6-8-23)16-1-2-17(20)21-15-16/h1-2,15H,3-14,19H2,(H2,20,21). The molecule has 0 aromatic carbocycles. The van der Waals surface area contributed by atoms with Gasteiger partial charge in [0.15, 0.2) is 0 Å².